The SMILES string of the molecule is CCN(C)/C=N/c1cc(Br)c(OC(C)c2cc(C)ns2)nc1C. The lowest BCUT2D eigenvalue weighted by Crippen LogP contribution is -2.14. The number of ether oxygens (including phenoxy) is 1. The summed E-state index contributed by atoms with van der Waals surface area (Å²) in [5, 5.41) is 0. The lowest BCUT2D eigenvalue weighted by molar-refractivity contribution is 0.219. The Morgan fingerprint density at radius 2 is 2.17 bits per heavy atom. The third-order valence-corrected chi connectivity index (χ3v) is 4.94. The van der Waals surface area contributed by atoms with Crippen molar-refractivity contribution >= 4 is 39.5 Å². The second-order valence-corrected chi connectivity index (χ2v) is 7.02. The Bertz CT molecular complexity index is 701. The second-order valence-electron chi connectivity index (χ2n) is 5.33. The van der Waals surface area contributed by atoms with Crippen LogP contribution in [0.2, 0.25) is 0 Å². The van der Waals surface area contributed by atoms with Gasteiger partial charge in [0.1, 0.15) is 6.10 Å². The first-order chi connectivity index (χ1) is 10.9. The Kier molecular flexibility index (Phi) is 6.12. The van der Waals surface area contributed by atoms with Gasteiger partial charge < -0.3 is 9.64 Å². The molecule has 7 heteroatoms. The van der Waals surface area contributed by atoms with E-state index in [4.69, 9.17) is 4.74 Å². The van der Waals surface area contributed by atoms with Crippen molar-refractivity contribution in [3.05, 3.63) is 32.9 Å². The number of aromatic nitrogens is 2. The Hall–Kier alpha value is -1.47. The first-order valence-corrected chi connectivity index (χ1v) is 8.98. The van der Waals surface area contributed by atoms with E-state index in [-0.39, 0.29) is 6.10 Å². The topological polar surface area (TPSA) is 50.6 Å². The van der Waals surface area contributed by atoms with Crippen molar-refractivity contribution in [3.8, 4) is 5.88 Å². The number of hydrogen-bond acceptors (Lipinski definition) is 5. The molecule has 0 aliphatic rings. The minimum Gasteiger partial charge on any atom is -0.468 e. The van der Waals surface area contributed by atoms with Crippen molar-refractivity contribution < 1.29 is 4.74 Å². The van der Waals surface area contributed by atoms with Gasteiger partial charge in [0.2, 0.25) is 5.88 Å². The fourth-order valence-corrected chi connectivity index (χ4v) is 2.93. The minimum absolute atomic E-state index is 0.0926. The summed E-state index contributed by atoms with van der Waals surface area (Å²) in [6.45, 7) is 8.89. The third kappa shape index (κ3) is 4.75. The molecule has 0 spiro atoms. The van der Waals surface area contributed by atoms with Gasteiger partial charge in [0.25, 0.3) is 0 Å². The molecule has 0 radical (unpaired) electrons. The highest BCUT2D eigenvalue weighted by Gasteiger charge is 2.15. The lowest BCUT2D eigenvalue weighted by atomic mass is 10.3. The Morgan fingerprint density at radius 3 is 2.78 bits per heavy atom. The van der Waals surface area contributed by atoms with Crippen LogP contribution in [0.15, 0.2) is 21.6 Å². The maximum absolute atomic E-state index is 5.98. The van der Waals surface area contributed by atoms with Crippen molar-refractivity contribution in [1.29, 1.82) is 0 Å². The van der Waals surface area contributed by atoms with E-state index in [9.17, 15) is 0 Å². The highest BCUT2D eigenvalue weighted by Crippen LogP contribution is 2.33. The summed E-state index contributed by atoms with van der Waals surface area (Å²) >= 11 is 4.98. The molecule has 2 rings (SSSR count). The quantitative estimate of drug-likeness (QED) is 0.525. The zero-order valence-corrected chi connectivity index (χ0v) is 16.4. The molecule has 0 amide bonds. The second kappa shape index (κ2) is 7.88. The van der Waals surface area contributed by atoms with Crippen LogP contribution in [-0.2, 0) is 0 Å². The highest BCUT2D eigenvalue weighted by atomic mass is 79.9. The van der Waals surface area contributed by atoms with Crippen LogP contribution in [0.3, 0.4) is 0 Å². The molecule has 2 aromatic heterocycles. The third-order valence-electron chi connectivity index (χ3n) is 3.34. The maximum atomic E-state index is 5.98. The molecule has 124 valence electrons. The summed E-state index contributed by atoms with van der Waals surface area (Å²) in [4.78, 5) is 12.1. The maximum Gasteiger partial charge on any atom is 0.228 e. The monoisotopic (exact) mass is 396 g/mol. The zero-order valence-electron chi connectivity index (χ0n) is 14.0. The van der Waals surface area contributed by atoms with Crippen LogP contribution in [0, 0.1) is 13.8 Å². The summed E-state index contributed by atoms with van der Waals surface area (Å²) in [5.41, 5.74) is 2.66. The fourth-order valence-electron chi connectivity index (χ4n) is 1.81. The van der Waals surface area contributed by atoms with Gasteiger partial charge in [-0.3, -0.25) is 0 Å². The first kappa shape index (κ1) is 17.9. The van der Waals surface area contributed by atoms with Crippen molar-refractivity contribution in [2.24, 2.45) is 4.99 Å². The van der Waals surface area contributed by atoms with Crippen LogP contribution < -0.4 is 4.74 Å². The van der Waals surface area contributed by atoms with Gasteiger partial charge in [0, 0.05) is 13.6 Å². The van der Waals surface area contributed by atoms with Crippen molar-refractivity contribution in [3.63, 3.8) is 0 Å². The molecule has 0 aliphatic heterocycles. The van der Waals surface area contributed by atoms with Crippen molar-refractivity contribution in [1.82, 2.24) is 14.3 Å². The molecule has 2 heterocycles. The molecule has 23 heavy (non-hydrogen) atoms. The van der Waals surface area contributed by atoms with Gasteiger partial charge in [-0.1, -0.05) is 0 Å². The van der Waals surface area contributed by atoms with E-state index in [1.807, 2.05) is 44.9 Å². The highest BCUT2D eigenvalue weighted by molar-refractivity contribution is 9.10. The number of hydrogen-bond donors (Lipinski definition) is 0. The van der Waals surface area contributed by atoms with E-state index in [0.717, 1.165) is 33.0 Å². The van der Waals surface area contributed by atoms with Gasteiger partial charge in [-0.2, -0.15) is 4.37 Å². The van der Waals surface area contributed by atoms with Crippen LogP contribution in [-0.4, -0.2) is 34.2 Å². The number of halogens is 1. The number of pyridine rings is 1. The van der Waals surface area contributed by atoms with Gasteiger partial charge in [-0.15, -0.1) is 0 Å². The van der Waals surface area contributed by atoms with Gasteiger partial charge in [0.05, 0.1) is 32.8 Å². The molecule has 1 atom stereocenters. The summed E-state index contributed by atoms with van der Waals surface area (Å²) in [5.74, 6) is 0.573. The standard InChI is InChI=1S/C16H21BrN4OS/c1-6-21(5)9-18-14-8-13(17)16(19-11(14)3)22-12(4)15-7-10(2)20-23-15/h7-9,12H,6H2,1-5H3/b18-9+. The van der Waals surface area contributed by atoms with E-state index in [1.165, 1.54) is 11.5 Å². The van der Waals surface area contributed by atoms with Gasteiger partial charge in [-0.25, -0.2) is 9.98 Å². The Labute approximate surface area is 149 Å². The summed E-state index contributed by atoms with van der Waals surface area (Å²) in [7, 11) is 1.98. The Morgan fingerprint density at radius 1 is 1.43 bits per heavy atom. The van der Waals surface area contributed by atoms with E-state index in [1.54, 1.807) is 6.34 Å². The van der Waals surface area contributed by atoms with Gasteiger partial charge in [-0.05, 0) is 67.3 Å². The molecule has 0 fully saturated rings. The molecule has 1 unspecified atom stereocenters. The van der Waals surface area contributed by atoms with E-state index in [2.05, 4.69) is 37.2 Å². The smallest absolute Gasteiger partial charge is 0.228 e. The number of aryl methyl sites for hydroxylation is 2. The molecule has 5 nitrogen and oxygen atoms in total. The normalized spacial score (nSPS) is 12.6. The first-order valence-electron chi connectivity index (χ1n) is 7.42. The van der Waals surface area contributed by atoms with E-state index < -0.39 is 0 Å². The van der Waals surface area contributed by atoms with E-state index in [0.29, 0.717) is 5.88 Å². The summed E-state index contributed by atoms with van der Waals surface area (Å²) in [6, 6.07) is 3.97. The van der Waals surface area contributed by atoms with Crippen LogP contribution in [0.25, 0.3) is 0 Å². The number of nitrogens with zero attached hydrogens (tertiary/aromatic N) is 4. The van der Waals surface area contributed by atoms with Crippen LogP contribution in [0.5, 0.6) is 5.88 Å². The molecular formula is C16H21BrN4OS. The van der Waals surface area contributed by atoms with Crippen LogP contribution in [0.1, 0.15) is 36.2 Å². The summed E-state index contributed by atoms with van der Waals surface area (Å²) in [6.07, 6.45) is 1.71. The van der Waals surface area contributed by atoms with Crippen LogP contribution in [0.4, 0.5) is 5.69 Å². The molecular weight excluding hydrogens is 376 g/mol. The average molecular weight is 397 g/mol. The molecule has 0 saturated heterocycles. The fraction of sp³-hybridized carbons (Fsp3) is 0.438. The van der Waals surface area contributed by atoms with E-state index >= 15 is 0 Å². The van der Waals surface area contributed by atoms with Gasteiger partial charge >= 0.3 is 0 Å². The predicted octanol–water partition coefficient (Wildman–Crippen LogP) is 4.67. The molecule has 2 aromatic rings. The predicted molar refractivity (Wildman–Crippen MR) is 99.0 cm³/mol. The van der Waals surface area contributed by atoms with Crippen LogP contribution >= 0.6 is 27.5 Å². The van der Waals surface area contributed by atoms with Crippen molar-refractivity contribution in [2.75, 3.05) is 13.6 Å². The molecule has 0 saturated carbocycles. The van der Waals surface area contributed by atoms with Crippen molar-refractivity contribution in [2.45, 2.75) is 33.8 Å². The average Bonchev–Trinajstić information content (AvgIpc) is 2.95. The zero-order chi connectivity index (χ0) is 17.0. The lowest BCUT2D eigenvalue weighted by Gasteiger charge is -2.14. The molecule has 0 aromatic carbocycles. The van der Waals surface area contributed by atoms with Gasteiger partial charge in [0.15, 0.2) is 0 Å². The number of aliphatic imine (C=N–C) groups is 1. The summed E-state index contributed by atoms with van der Waals surface area (Å²) < 4.78 is 11.1. The molecule has 0 bridgehead atoms. The largest absolute Gasteiger partial charge is 0.468 e. The number of rotatable bonds is 6. The molecule has 0 N–H and O–H groups in total. The Balaban J connectivity index is 2.18. The minimum atomic E-state index is -0.0926. The molecule has 0 aliphatic carbocycles.